The van der Waals surface area contributed by atoms with Crippen molar-refractivity contribution in [2.75, 3.05) is 0 Å². The van der Waals surface area contributed by atoms with Gasteiger partial charge in [0.15, 0.2) is 5.78 Å². The van der Waals surface area contributed by atoms with Gasteiger partial charge in [0.1, 0.15) is 11.7 Å². The quantitative estimate of drug-likeness (QED) is 0.886. The summed E-state index contributed by atoms with van der Waals surface area (Å²) in [5.74, 6) is -0.421. The normalized spacial score (nSPS) is 14.2. The molecule has 0 aliphatic heterocycles. The molecule has 20 heavy (non-hydrogen) atoms. The lowest BCUT2D eigenvalue weighted by Gasteiger charge is -2.26. The Hall–Kier alpha value is -1.88. The van der Waals surface area contributed by atoms with Gasteiger partial charge in [0.2, 0.25) is 0 Å². The van der Waals surface area contributed by atoms with E-state index in [0.29, 0.717) is 5.56 Å². The number of hydrogen-bond donors (Lipinski definition) is 2. The third-order valence-electron chi connectivity index (χ3n) is 2.56. The molecule has 0 spiro atoms. The summed E-state index contributed by atoms with van der Waals surface area (Å²) in [7, 11) is 0. The van der Waals surface area contributed by atoms with Crippen LogP contribution in [0.1, 0.15) is 39.3 Å². The van der Waals surface area contributed by atoms with E-state index in [2.05, 4.69) is 5.32 Å². The summed E-state index contributed by atoms with van der Waals surface area (Å²) >= 11 is 0. The zero-order valence-corrected chi connectivity index (χ0v) is 12.2. The van der Waals surface area contributed by atoms with Gasteiger partial charge in [-0.25, -0.2) is 4.79 Å². The van der Waals surface area contributed by atoms with Crippen LogP contribution in [0.2, 0.25) is 0 Å². The van der Waals surface area contributed by atoms with Crippen LogP contribution in [-0.2, 0) is 9.53 Å². The number of carbonyl (C=O) groups is 2. The van der Waals surface area contributed by atoms with Crippen molar-refractivity contribution in [1.82, 2.24) is 5.32 Å². The van der Waals surface area contributed by atoms with Gasteiger partial charge >= 0.3 is 6.09 Å². The molecule has 0 radical (unpaired) electrons. The first-order chi connectivity index (χ1) is 9.20. The van der Waals surface area contributed by atoms with Gasteiger partial charge in [0.25, 0.3) is 0 Å². The fraction of sp³-hybridized carbons (Fsp3) is 0.467. The Kier molecular flexibility index (Phi) is 5.27. The fourth-order valence-electron chi connectivity index (χ4n) is 1.67. The summed E-state index contributed by atoms with van der Waals surface area (Å²) in [6, 6.07) is 7.98. The van der Waals surface area contributed by atoms with Crippen LogP contribution in [0.25, 0.3) is 0 Å². The highest BCUT2D eigenvalue weighted by molar-refractivity contribution is 5.82. The molecule has 5 nitrogen and oxygen atoms in total. The van der Waals surface area contributed by atoms with Crippen molar-refractivity contribution in [3.63, 3.8) is 0 Å². The minimum Gasteiger partial charge on any atom is -0.444 e. The average molecular weight is 279 g/mol. The number of ether oxygens (including phenoxy) is 1. The minimum atomic E-state index is -1.31. The molecule has 5 heteroatoms. The van der Waals surface area contributed by atoms with Crippen molar-refractivity contribution in [3.05, 3.63) is 35.9 Å². The first-order valence-corrected chi connectivity index (χ1v) is 6.43. The lowest BCUT2D eigenvalue weighted by Crippen LogP contribution is -2.42. The van der Waals surface area contributed by atoms with E-state index >= 15 is 0 Å². The van der Waals surface area contributed by atoms with Gasteiger partial charge in [0.05, 0.1) is 6.04 Å². The molecule has 0 heterocycles. The second-order valence-corrected chi connectivity index (χ2v) is 5.59. The molecule has 0 unspecified atom stereocenters. The third kappa shape index (κ3) is 5.01. The molecule has 0 aromatic heterocycles. The van der Waals surface area contributed by atoms with E-state index < -0.39 is 29.6 Å². The zero-order valence-electron chi connectivity index (χ0n) is 12.2. The first-order valence-electron chi connectivity index (χ1n) is 6.43. The van der Waals surface area contributed by atoms with E-state index in [1.54, 1.807) is 45.0 Å². The Labute approximate surface area is 118 Å². The number of amides is 1. The summed E-state index contributed by atoms with van der Waals surface area (Å²) in [5.41, 5.74) is -0.00646. The van der Waals surface area contributed by atoms with Crippen LogP contribution in [0.15, 0.2) is 30.3 Å². The lowest BCUT2D eigenvalue weighted by molar-refractivity contribution is -0.126. The van der Waals surface area contributed by atoms with Crippen molar-refractivity contribution >= 4 is 11.9 Å². The summed E-state index contributed by atoms with van der Waals surface area (Å²) in [6.45, 7) is 6.50. The van der Waals surface area contributed by atoms with Crippen LogP contribution >= 0.6 is 0 Å². The van der Waals surface area contributed by atoms with Crippen molar-refractivity contribution in [3.8, 4) is 0 Å². The number of Topliss-reactive ketones (excluding diaryl/α,β-unsaturated/α-hetero) is 1. The van der Waals surface area contributed by atoms with Crippen molar-refractivity contribution in [2.45, 2.75) is 45.4 Å². The second-order valence-electron chi connectivity index (χ2n) is 5.59. The summed E-state index contributed by atoms with van der Waals surface area (Å²) in [4.78, 5) is 23.2. The van der Waals surface area contributed by atoms with Crippen LogP contribution < -0.4 is 5.32 Å². The van der Waals surface area contributed by atoms with Gasteiger partial charge < -0.3 is 15.2 Å². The predicted molar refractivity (Wildman–Crippen MR) is 75.2 cm³/mol. The van der Waals surface area contributed by atoms with E-state index in [1.165, 1.54) is 6.92 Å². The van der Waals surface area contributed by atoms with Gasteiger partial charge in [0, 0.05) is 0 Å². The zero-order chi connectivity index (χ0) is 15.3. The number of rotatable bonds is 4. The van der Waals surface area contributed by atoms with Crippen LogP contribution in [0, 0.1) is 0 Å². The van der Waals surface area contributed by atoms with Crippen LogP contribution in [-0.4, -0.2) is 28.7 Å². The number of benzene rings is 1. The van der Waals surface area contributed by atoms with E-state index in [1.807, 2.05) is 6.07 Å². The molecule has 2 atom stereocenters. The number of nitrogens with one attached hydrogen (secondary N) is 1. The molecular formula is C15H21NO4. The maximum absolute atomic E-state index is 11.8. The van der Waals surface area contributed by atoms with E-state index in [-0.39, 0.29) is 0 Å². The number of hydrogen-bond acceptors (Lipinski definition) is 4. The van der Waals surface area contributed by atoms with Crippen LogP contribution in [0.3, 0.4) is 0 Å². The molecule has 0 bridgehead atoms. The second kappa shape index (κ2) is 6.52. The minimum absolute atomic E-state index is 0.421. The average Bonchev–Trinajstić information content (AvgIpc) is 2.34. The van der Waals surface area contributed by atoms with Gasteiger partial charge in [-0.2, -0.15) is 0 Å². The molecule has 1 aromatic carbocycles. The maximum Gasteiger partial charge on any atom is 0.408 e. The number of carbonyl (C=O) groups excluding carboxylic acids is 2. The largest absolute Gasteiger partial charge is 0.444 e. The molecule has 0 aliphatic carbocycles. The Bertz CT molecular complexity index is 465. The van der Waals surface area contributed by atoms with Gasteiger partial charge in [-0.3, -0.25) is 4.79 Å². The Morgan fingerprint density at radius 3 is 2.20 bits per heavy atom. The molecule has 1 rings (SSSR count). The van der Waals surface area contributed by atoms with Crippen LogP contribution in [0.4, 0.5) is 4.79 Å². The van der Waals surface area contributed by atoms with Crippen molar-refractivity contribution < 1.29 is 19.4 Å². The van der Waals surface area contributed by atoms with Gasteiger partial charge in [-0.15, -0.1) is 0 Å². The Morgan fingerprint density at radius 2 is 1.75 bits per heavy atom. The molecule has 0 saturated carbocycles. The highest BCUT2D eigenvalue weighted by atomic mass is 16.6. The summed E-state index contributed by atoms with van der Waals surface area (Å²) < 4.78 is 5.15. The lowest BCUT2D eigenvalue weighted by atomic mass is 9.99. The Morgan fingerprint density at radius 1 is 1.20 bits per heavy atom. The number of aliphatic hydroxyl groups excluding tert-OH is 1. The predicted octanol–water partition coefficient (Wildman–Crippen LogP) is 2.20. The number of ketones is 1. The maximum atomic E-state index is 11.8. The molecule has 0 saturated heterocycles. The molecule has 0 aliphatic rings. The molecule has 1 amide bonds. The van der Waals surface area contributed by atoms with Crippen molar-refractivity contribution in [1.29, 1.82) is 0 Å². The molecule has 2 N–H and O–H groups in total. The van der Waals surface area contributed by atoms with Gasteiger partial charge in [-0.1, -0.05) is 30.3 Å². The highest BCUT2D eigenvalue weighted by Gasteiger charge is 2.28. The number of alkyl carbamates (subject to hydrolysis) is 1. The summed E-state index contributed by atoms with van der Waals surface area (Å²) in [6.07, 6.45) is -1.99. The first kappa shape index (κ1) is 16.2. The van der Waals surface area contributed by atoms with Crippen LogP contribution in [0.5, 0.6) is 0 Å². The van der Waals surface area contributed by atoms with E-state index in [0.717, 1.165) is 0 Å². The molecule has 110 valence electrons. The Balaban J connectivity index is 2.90. The monoisotopic (exact) mass is 279 g/mol. The van der Waals surface area contributed by atoms with E-state index in [4.69, 9.17) is 4.74 Å². The number of aliphatic hydroxyl groups is 1. The SMILES string of the molecule is CC(=O)[C@H](O)[C@@H](NC(=O)OC(C)(C)C)c1ccccc1. The smallest absolute Gasteiger partial charge is 0.408 e. The molecule has 0 fully saturated rings. The highest BCUT2D eigenvalue weighted by Crippen LogP contribution is 2.18. The summed E-state index contributed by atoms with van der Waals surface area (Å²) in [5, 5.41) is 12.5. The third-order valence-corrected chi connectivity index (χ3v) is 2.56. The van der Waals surface area contributed by atoms with E-state index in [9.17, 15) is 14.7 Å². The molecular weight excluding hydrogens is 258 g/mol. The standard InChI is InChI=1S/C15H21NO4/c1-10(17)13(18)12(11-8-6-5-7-9-11)16-14(19)20-15(2,3)4/h5-9,12-13,18H,1-4H3,(H,16,19)/t12-,13-/m0/s1. The van der Waals surface area contributed by atoms with Crippen molar-refractivity contribution in [2.24, 2.45) is 0 Å². The fourth-order valence-corrected chi connectivity index (χ4v) is 1.67. The molecule has 1 aromatic rings. The van der Waals surface area contributed by atoms with Gasteiger partial charge in [-0.05, 0) is 33.3 Å². The topological polar surface area (TPSA) is 75.6 Å².